The number of rotatable bonds is 4. The molecule has 1 fully saturated rings. The van der Waals surface area contributed by atoms with E-state index in [1.807, 2.05) is 0 Å². The molecule has 0 heterocycles. The van der Waals surface area contributed by atoms with Crippen molar-refractivity contribution in [3.63, 3.8) is 0 Å². The summed E-state index contributed by atoms with van der Waals surface area (Å²) in [4.78, 5) is 11.4. The molecule has 14 heavy (non-hydrogen) atoms. The van der Waals surface area contributed by atoms with E-state index in [2.05, 4.69) is 10.6 Å². The molecule has 3 N–H and O–H groups in total. The Balaban J connectivity index is 2.29. The van der Waals surface area contributed by atoms with Gasteiger partial charge in [-0.1, -0.05) is 12.8 Å². The molecule has 1 aliphatic carbocycles. The van der Waals surface area contributed by atoms with Crippen molar-refractivity contribution in [3.8, 4) is 0 Å². The molecule has 0 aromatic rings. The van der Waals surface area contributed by atoms with E-state index in [9.17, 15) is 9.90 Å². The van der Waals surface area contributed by atoms with Gasteiger partial charge in [-0.05, 0) is 26.8 Å². The van der Waals surface area contributed by atoms with E-state index >= 15 is 0 Å². The van der Waals surface area contributed by atoms with Gasteiger partial charge in [0.05, 0.1) is 11.6 Å². The second-order valence-electron chi connectivity index (χ2n) is 4.16. The second kappa shape index (κ2) is 4.75. The summed E-state index contributed by atoms with van der Waals surface area (Å²) in [5.74, 6) is -0.0483. The Bertz CT molecular complexity index is 200. The van der Waals surface area contributed by atoms with E-state index in [4.69, 9.17) is 0 Å². The van der Waals surface area contributed by atoms with Gasteiger partial charge in [0.2, 0.25) is 5.91 Å². The SMILES string of the molecule is CNC(C)C(=O)NCC1(O)CCCC1. The summed E-state index contributed by atoms with van der Waals surface area (Å²) in [6.07, 6.45) is 3.74. The molecule has 4 heteroatoms. The standard InChI is InChI=1S/C10H20N2O2/c1-8(11-2)9(13)12-7-10(14)5-3-4-6-10/h8,11,14H,3-7H2,1-2H3,(H,12,13). The molecule has 82 valence electrons. The van der Waals surface area contributed by atoms with Crippen LogP contribution in [0.25, 0.3) is 0 Å². The highest BCUT2D eigenvalue weighted by Gasteiger charge is 2.31. The number of carbonyl (C=O) groups excluding carboxylic acids is 1. The van der Waals surface area contributed by atoms with Gasteiger partial charge in [-0.25, -0.2) is 0 Å². The molecule has 0 aliphatic heterocycles. The zero-order chi connectivity index (χ0) is 10.6. The first kappa shape index (κ1) is 11.5. The van der Waals surface area contributed by atoms with Crippen LogP contribution in [0.4, 0.5) is 0 Å². The van der Waals surface area contributed by atoms with Gasteiger partial charge in [0.25, 0.3) is 0 Å². The van der Waals surface area contributed by atoms with E-state index in [1.54, 1.807) is 14.0 Å². The number of hydrogen-bond donors (Lipinski definition) is 3. The summed E-state index contributed by atoms with van der Waals surface area (Å²) in [6.45, 7) is 2.19. The van der Waals surface area contributed by atoms with Gasteiger partial charge >= 0.3 is 0 Å². The molecule has 0 saturated heterocycles. The third-order valence-electron chi connectivity index (χ3n) is 2.95. The third kappa shape index (κ3) is 2.96. The van der Waals surface area contributed by atoms with Crippen LogP contribution in [-0.4, -0.2) is 36.2 Å². The lowest BCUT2D eigenvalue weighted by atomic mass is 10.0. The van der Waals surface area contributed by atoms with Crippen LogP contribution in [0.1, 0.15) is 32.6 Å². The Morgan fingerprint density at radius 1 is 1.50 bits per heavy atom. The van der Waals surface area contributed by atoms with Crippen LogP contribution in [0.2, 0.25) is 0 Å². The molecular weight excluding hydrogens is 180 g/mol. The molecule has 0 aromatic heterocycles. The summed E-state index contributed by atoms with van der Waals surface area (Å²) in [6, 6.07) is -0.194. The topological polar surface area (TPSA) is 61.4 Å². The minimum absolute atomic E-state index is 0.0483. The molecule has 4 nitrogen and oxygen atoms in total. The smallest absolute Gasteiger partial charge is 0.236 e. The van der Waals surface area contributed by atoms with E-state index < -0.39 is 5.60 Å². The van der Waals surface area contributed by atoms with Gasteiger partial charge in [-0.15, -0.1) is 0 Å². The molecule has 0 spiro atoms. The van der Waals surface area contributed by atoms with E-state index in [-0.39, 0.29) is 11.9 Å². The van der Waals surface area contributed by atoms with E-state index in [0.717, 1.165) is 25.7 Å². The number of aliphatic hydroxyl groups is 1. The van der Waals surface area contributed by atoms with Crippen molar-refractivity contribution >= 4 is 5.91 Å². The molecule has 0 bridgehead atoms. The van der Waals surface area contributed by atoms with Crippen LogP contribution in [0, 0.1) is 0 Å². The first-order chi connectivity index (χ1) is 6.57. The largest absolute Gasteiger partial charge is 0.388 e. The maximum Gasteiger partial charge on any atom is 0.236 e. The van der Waals surface area contributed by atoms with Gasteiger partial charge in [-0.2, -0.15) is 0 Å². The lowest BCUT2D eigenvalue weighted by molar-refractivity contribution is -0.123. The summed E-state index contributed by atoms with van der Waals surface area (Å²) < 4.78 is 0. The van der Waals surface area contributed by atoms with Crippen molar-refractivity contribution in [2.75, 3.05) is 13.6 Å². The Labute approximate surface area is 85.1 Å². The number of amides is 1. The lowest BCUT2D eigenvalue weighted by Crippen LogP contribution is -2.47. The molecule has 1 aliphatic rings. The van der Waals surface area contributed by atoms with Crippen LogP contribution < -0.4 is 10.6 Å². The highest BCUT2D eigenvalue weighted by molar-refractivity contribution is 5.81. The zero-order valence-electron chi connectivity index (χ0n) is 8.97. The lowest BCUT2D eigenvalue weighted by Gasteiger charge is -2.23. The molecule has 1 amide bonds. The van der Waals surface area contributed by atoms with Gasteiger partial charge in [-0.3, -0.25) is 4.79 Å². The molecule has 1 unspecified atom stereocenters. The van der Waals surface area contributed by atoms with Gasteiger partial charge in [0, 0.05) is 6.54 Å². The van der Waals surface area contributed by atoms with E-state index in [1.165, 1.54) is 0 Å². The minimum Gasteiger partial charge on any atom is -0.388 e. The van der Waals surface area contributed by atoms with Crippen LogP contribution >= 0.6 is 0 Å². The van der Waals surface area contributed by atoms with Crippen molar-refractivity contribution in [1.29, 1.82) is 0 Å². The van der Waals surface area contributed by atoms with Crippen molar-refractivity contribution in [1.82, 2.24) is 10.6 Å². The van der Waals surface area contributed by atoms with E-state index in [0.29, 0.717) is 6.54 Å². The quantitative estimate of drug-likeness (QED) is 0.599. The predicted molar refractivity (Wildman–Crippen MR) is 54.9 cm³/mol. The Morgan fingerprint density at radius 2 is 2.07 bits per heavy atom. The summed E-state index contributed by atoms with van der Waals surface area (Å²) in [7, 11) is 1.74. The summed E-state index contributed by atoms with van der Waals surface area (Å²) in [5.41, 5.74) is -0.650. The zero-order valence-corrected chi connectivity index (χ0v) is 8.97. The highest BCUT2D eigenvalue weighted by Crippen LogP contribution is 2.28. The van der Waals surface area contributed by atoms with Crippen LogP contribution in [0.15, 0.2) is 0 Å². The molecule has 1 saturated carbocycles. The van der Waals surface area contributed by atoms with Gasteiger partial charge in [0.1, 0.15) is 0 Å². The maximum atomic E-state index is 11.4. The van der Waals surface area contributed by atoms with Crippen LogP contribution in [-0.2, 0) is 4.79 Å². The monoisotopic (exact) mass is 200 g/mol. The fraction of sp³-hybridized carbons (Fsp3) is 0.900. The predicted octanol–water partition coefficient (Wildman–Crippen LogP) is 0.0156. The Kier molecular flexibility index (Phi) is 3.89. The van der Waals surface area contributed by atoms with Gasteiger partial charge in [0.15, 0.2) is 0 Å². The average Bonchev–Trinajstić information content (AvgIpc) is 2.61. The molecular formula is C10H20N2O2. The molecule has 0 radical (unpaired) electrons. The fourth-order valence-electron chi connectivity index (χ4n) is 1.75. The number of hydrogen-bond acceptors (Lipinski definition) is 3. The second-order valence-corrected chi connectivity index (χ2v) is 4.16. The van der Waals surface area contributed by atoms with Crippen LogP contribution in [0.3, 0.4) is 0 Å². The summed E-state index contributed by atoms with van der Waals surface area (Å²) in [5, 5.41) is 15.6. The number of carbonyl (C=O) groups is 1. The Morgan fingerprint density at radius 3 is 2.57 bits per heavy atom. The number of likely N-dealkylation sites (N-methyl/N-ethyl adjacent to an activating group) is 1. The highest BCUT2D eigenvalue weighted by atomic mass is 16.3. The van der Waals surface area contributed by atoms with Gasteiger partial charge < -0.3 is 15.7 Å². The first-order valence-electron chi connectivity index (χ1n) is 5.25. The minimum atomic E-state index is -0.650. The van der Waals surface area contributed by atoms with Crippen LogP contribution in [0.5, 0.6) is 0 Å². The average molecular weight is 200 g/mol. The fourth-order valence-corrected chi connectivity index (χ4v) is 1.75. The normalized spacial score (nSPS) is 21.9. The molecule has 1 rings (SSSR count). The maximum absolute atomic E-state index is 11.4. The number of nitrogens with one attached hydrogen (secondary N) is 2. The third-order valence-corrected chi connectivity index (χ3v) is 2.95. The van der Waals surface area contributed by atoms with Crippen molar-refractivity contribution in [2.45, 2.75) is 44.2 Å². The van der Waals surface area contributed by atoms with Crippen molar-refractivity contribution < 1.29 is 9.90 Å². The molecule has 0 aromatic carbocycles. The summed E-state index contributed by atoms with van der Waals surface area (Å²) >= 11 is 0. The first-order valence-corrected chi connectivity index (χ1v) is 5.25. The van der Waals surface area contributed by atoms with Crippen molar-refractivity contribution in [2.24, 2.45) is 0 Å². The molecule has 1 atom stereocenters. The Hall–Kier alpha value is -0.610. The van der Waals surface area contributed by atoms with Crippen molar-refractivity contribution in [3.05, 3.63) is 0 Å².